The summed E-state index contributed by atoms with van der Waals surface area (Å²) < 4.78 is 32.8. The van der Waals surface area contributed by atoms with Crippen LogP contribution in [0, 0.1) is 5.41 Å². The predicted octanol–water partition coefficient (Wildman–Crippen LogP) is 1.12. The summed E-state index contributed by atoms with van der Waals surface area (Å²) in [4.78, 5) is 65.1. The number of carbonyl (C=O) groups excluding carboxylic acids is 5. The number of imide groups is 1. The van der Waals surface area contributed by atoms with Crippen molar-refractivity contribution in [3.8, 4) is 0 Å². The molecular weight excluding hydrogens is 618 g/mol. The molecule has 1 heterocycles. The van der Waals surface area contributed by atoms with E-state index in [2.05, 4.69) is 16.0 Å². The number of urea groups is 2. The van der Waals surface area contributed by atoms with Crippen LogP contribution in [-0.4, -0.2) is 67.3 Å². The molecule has 0 aliphatic carbocycles. The van der Waals surface area contributed by atoms with Gasteiger partial charge in [-0.15, -0.1) is 0 Å². The van der Waals surface area contributed by atoms with Gasteiger partial charge in [-0.2, -0.15) is 0 Å². The van der Waals surface area contributed by atoms with Gasteiger partial charge in [-0.3, -0.25) is 19.9 Å². The molecule has 3 aromatic rings. The number of esters is 1. The summed E-state index contributed by atoms with van der Waals surface area (Å²) in [6, 6.07) is 18.6. The molecule has 15 nitrogen and oxygen atoms in total. The number of benzene rings is 3. The lowest BCUT2D eigenvalue weighted by atomic mass is 9.91. The van der Waals surface area contributed by atoms with Gasteiger partial charge in [-0.1, -0.05) is 72.8 Å². The number of hydrogen-bond donors (Lipinski definition) is 6. The van der Waals surface area contributed by atoms with Crippen LogP contribution in [-0.2, 0) is 41.3 Å². The van der Waals surface area contributed by atoms with E-state index in [-0.39, 0.29) is 12.4 Å². The van der Waals surface area contributed by atoms with E-state index in [0.29, 0.717) is 27.3 Å². The molecular formula is C30H31N7O8S. The number of nitrogens with zero attached hydrogens (tertiary/aromatic N) is 1. The molecule has 0 aromatic heterocycles. The summed E-state index contributed by atoms with van der Waals surface area (Å²) in [5.41, 5.74) is 5.54. The lowest BCUT2D eigenvalue weighted by molar-refractivity contribution is -0.148. The van der Waals surface area contributed by atoms with Crippen LogP contribution in [0.2, 0.25) is 0 Å². The SMILES string of the molecule is C[C@@]1(c2ccc(C(=N)N)cc2)NC(=O)N(CC(=O)N[C@@H](CS(=O)(=O)NC(=O)Nc2ccccc2)C(=O)OCc2ccccc2)C1=O. The van der Waals surface area contributed by atoms with Gasteiger partial charge in [-0.25, -0.2) is 27.5 Å². The summed E-state index contributed by atoms with van der Waals surface area (Å²) in [7, 11) is -4.55. The van der Waals surface area contributed by atoms with Crippen LogP contribution >= 0.6 is 0 Å². The molecule has 3 aromatic carbocycles. The number of rotatable bonds is 12. The van der Waals surface area contributed by atoms with Crippen molar-refractivity contribution in [3.05, 3.63) is 102 Å². The minimum Gasteiger partial charge on any atom is -0.459 e. The van der Waals surface area contributed by atoms with Gasteiger partial charge >= 0.3 is 18.0 Å². The first-order valence-corrected chi connectivity index (χ1v) is 15.4. The second-order valence-corrected chi connectivity index (χ2v) is 12.1. The molecule has 6 amide bonds. The average Bonchev–Trinajstić information content (AvgIpc) is 3.23. The molecule has 0 unspecified atom stereocenters. The molecule has 4 rings (SSSR count). The van der Waals surface area contributed by atoms with Crippen molar-refractivity contribution in [1.29, 1.82) is 5.41 Å². The molecule has 1 fully saturated rings. The van der Waals surface area contributed by atoms with Crippen molar-refractivity contribution in [2.45, 2.75) is 25.1 Å². The van der Waals surface area contributed by atoms with Gasteiger partial charge in [0, 0.05) is 11.3 Å². The second kappa shape index (κ2) is 13.9. The average molecular weight is 650 g/mol. The minimum absolute atomic E-state index is 0.192. The highest BCUT2D eigenvalue weighted by Crippen LogP contribution is 2.29. The number of anilines is 1. The Morgan fingerprint density at radius 1 is 0.978 bits per heavy atom. The standard InChI is InChI=1S/C30H31N7O8S/c1-30(21-14-12-20(13-15-21)25(31)32)27(40)37(29(42)35-30)16-24(38)34-23(26(39)45-17-19-8-4-2-5-9-19)18-46(43,44)36-28(41)33-22-10-6-3-7-11-22/h2-15,23H,16-18H2,1H3,(H3,31,32)(H,34,38)(H,35,42)(H2,33,36,41)/t23-,30-/m0/s1. The van der Waals surface area contributed by atoms with E-state index in [1.165, 1.54) is 43.3 Å². The molecule has 0 spiro atoms. The second-order valence-electron chi connectivity index (χ2n) is 10.4. The van der Waals surface area contributed by atoms with Crippen LogP contribution in [0.3, 0.4) is 0 Å². The quantitative estimate of drug-likeness (QED) is 0.0713. The summed E-state index contributed by atoms with van der Waals surface area (Å²) in [5.74, 6) is -4.28. The number of amidine groups is 1. The van der Waals surface area contributed by atoms with Crippen molar-refractivity contribution in [2.24, 2.45) is 5.73 Å². The summed E-state index contributed by atoms with van der Waals surface area (Å²) in [5, 5.41) is 14.6. The molecule has 1 aliphatic heterocycles. The van der Waals surface area contributed by atoms with E-state index in [1.807, 2.05) is 0 Å². The number of nitrogen functional groups attached to an aromatic ring is 1. The first-order chi connectivity index (χ1) is 21.8. The molecule has 1 saturated heterocycles. The van der Waals surface area contributed by atoms with Crippen LogP contribution < -0.4 is 26.4 Å². The van der Waals surface area contributed by atoms with Crippen LogP contribution in [0.15, 0.2) is 84.9 Å². The topological polar surface area (TPSA) is 230 Å². The third-order valence-electron chi connectivity index (χ3n) is 6.86. The monoisotopic (exact) mass is 649 g/mol. The highest BCUT2D eigenvalue weighted by molar-refractivity contribution is 7.90. The zero-order valence-corrected chi connectivity index (χ0v) is 25.3. The zero-order chi connectivity index (χ0) is 33.5. The summed E-state index contributed by atoms with van der Waals surface area (Å²) >= 11 is 0. The van der Waals surface area contributed by atoms with E-state index >= 15 is 0 Å². The number of nitrogens with one attached hydrogen (secondary N) is 5. The summed E-state index contributed by atoms with van der Waals surface area (Å²) in [6.45, 7) is 0.314. The fourth-order valence-corrected chi connectivity index (χ4v) is 5.56. The Morgan fingerprint density at radius 2 is 1.59 bits per heavy atom. The Labute approximate surface area is 264 Å². The van der Waals surface area contributed by atoms with Gasteiger partial charge in [0.1, 0.15) is 36.3 Å². The number of hydrogen-bond acceptors (Lipinski definition) is 9. The van der Waals surface area contributed by atoms with Gasteiger partial charge in [0.05, 0.1) is 0 Å². The molecule has 46 heavy (non-hydrogen) atoms. The van der Waals surface area contributed by atoms with E-state index < -0.39 is 63.7 Å². The normalized spacial score (nSPS) is 16.6. The van der Waals surface area contributed by atoms with E-state index in [4.69, 9.17) is 15.9 Å². The molecule has 0 saturated carbocycles. The Bertz CT molecular complexity index is 1750. The van der Waals surface area contributed by atoms with Gasteiger partial charge in [0.25, 0.3) is 5.91 Å². The van der Waals surface area contributed by atoms with Crippen LogP contribution in [0.4, 0.5) is 15.3 Å². The Hall–Kier alpha value is -5.77. The first-order valence-electron chi connectivity index (χ1n) is 13.7. The van der Waals surface area contributed by atoms with E-state index in [9.17, 15) is 32.4 Å². The zero-order valence-electron chi connectivity index (χ0n) is 24.5. The van der Waals surface area contributed by atoms with Crippen LogP contribution in [0.5, 0.6) is 0 Å². The fraction of sp³-hybridized carbons (Fsp3) is 0.200. The number of ether oxygens (including phenoxy) is 1. The molecule has 0 bridgehead atoms. The number of sulfonamides is 1. The third kappa shape index (κ3) is 8.23. The summed E-state index contributed by atoms with van der Waals surface area (Å²) in [6.07, 6.45) is 0. The Balaban J connectivity index is 1.46. The first kappa shape index (κ1) is 33.1. The van der Waals surface area contributed by atoms with Crippen molar-refractivity contribution in [1.82, 2.24) is 20.3 Å². The smallest absolute Gasteiger partial charge is 0.332 e. The maximum absolute atomic E-state index is 13.3. The van der Waals surface area contributed by atoms with Gasteiger partial charge in [-0.05, 0) is 30.2 Å². The fourth-order valence-electron chi connectivity index (χ4n) is 4.48. The lowest BCUT2D eigenvalue weighted by Gasteiger charge is -2.23. The largest absolute Gasteiger partial charge is 0.459 e. The van der Waals surface area contributed by atoms with E-state index in [1.54, 1.807) is 53.3 Å². The van der Waals surface area contributed by atoms with Gasteiger partial charge in [0.15, 0.2) is 0 Å². The molecule has 0 radical (unpaired) electrons. The predicted molar refractivity (Wildman–Crippen MR) is 166 cm³/mol. The Morgan fingerprint density at radius 3 is 2.20 bits per heavy atom. The minimum atomic E-state index is -4.55. The van der Waals surface area contributed by atoms with Crippen LogP contribution in [0.25, 0.3) is 0 Å². The molecule has 7 N–H and O–H groups in total. The van der Waals surface area contributed by atoms with Crippen molar-refractivity contribution < 1.29 is 37.1 Å². The van der Waals surface area contributed by atoms with E-state index in [0.717, 1.165) is 0 Å². The molecule has 1 aliphatic rings. The maximum atomic E-state index is 13.3. The molecule has 16 heteroatoms. The lowest BCUT2D eigenvalue weighted by Crippen LogP contribution is -2.52. The third-order valence-corrected chi connectivity index (χ3v) is 8.13. The maximum Gasteiger partial charge on any atom is 0.332 e. The molecule has 240 valence electrons. The number of carbonyl (C=O) groups is 5. The number of amides is 6. The number of nitrogens with two attached hydrogens (primary N) is 1. The highest BCUT2D eigenvalue weighted by Gasteiger charge is 2.49. The highest BCUT2D eigenvalue weighted by atomic mass is 32.2. The van der Waals surface area contributed by atoms with Crippen molar-refractivity contribution in [3.63, 3.8) is 0 Å². The number of para-hydroxylation sites is 1. The van der Waals surface area contributed by atoms with Crippen LogP contribution in [0.1, 0.15) is 23.6 Å². The molecule has 2 atom stereocenters. The van der Waals surface area contributed by atoms with Crippen molar-refractivity contribution in [2.75, 3.05) is 17.6 Å². The van der Waals surface area contributed by atoms with Gasteiger partial charge < -0.3 is 26.4 Å². The van der Waals surface area contributed by atoms with Crippen molar-refractivity contribution >= 4 is 51.4 Å². The Kier molecular flexibility index (Phi) is 10.0. The van der Waals surface area contributed by atoms with Gasteiger partial charge in [0.2, 0.25) is 15.9 Å².